The van der Waals surface area contributed by atoms with E-state index in [0.717, 1.165) is 6.92 Å². The van der Waals surface area contributed by atoms with Gasteiger partial charge >= 0.3 is 5.97 Å². The summed E-state index contributed by atoms with van der Waals surface area (Å²) in [5.41, 5.74) is 0.449. The highest BCUT2D eigenvalue weighted by molar-refractivity contribution is 7.94. The molecular formula is C10H10N2O4S. The maximum atomic E-state index is 11.6. The summed E-state index contributed by atoms with van der Waals surface area (Å²) in [7, 11) is -4.00. The summed E-state index contributed by atoms with van der Waals surface area (Å²) in [6, 6.07) is 7.63. The highest BCUT2D eigenvalue weighted by Gasteiger charge is 2.27. The average molecular weight is 254 g/mol. The zero-order chi connectivity index (χ0) is 13.1. The minimum absolute atomic E-state index is 0.164. The number of anilines is 1. The molecule has 1 atom stereocenters. The fourth-order valence-electron chi connectivity index (χ4n) is 1.04. The third kappa shape index (κ3) is 3.19. The standard InChI is InChI=1S/C10H10N2O4S/c1-7(10(13)14)17(15,16)12-9-4-2-3-8(5-9)6-11/h2-5,7,12H,1H3,(H,13,14). The molecule has 0 aliphatic heterocycles. The van der Waals surface area contributed by atoms with Gasteiger partial charge in [0.05, 0.1) is 11.6 Å². The number of rotatable bonds is 4. The Hall–Kier alpha value is -2.07. The highest BCUT2D eigenvalue weighted by Crippen LogP contribution is 2.13. The molecule has 0 heterocycles. The third-order valence-corrected chi connectivity index (χ3v) is 3.72. The predicted octanol–water partition coefficient (Wildman–Crippen LogP) is 0.773. The first-order chi connectivity index (χ1) is 7.86. The molecule has 0 aliphatic rings. The van der Waals surface area contributed by atoms with Gasteiger partial charge in [-0.25, -0.2) is 8.42 Å². The zero-order valence-electron chi connectivity index (χ0n) is 8.91. The van der Waals surface area contributed by atoms with E-state index >= 15 is 0 Å². The molecular weight excluding hydrogens is 244 g/mol. The van der Waals surface area contributed by atoms with E-state index in [9.17, 15) is 13.2 Å². The van der Waals surface area contributed by atoms with Crippen molar-refractivity contribution in [3.8, 4) is 6.07 Å². The number of nitriles is 1. The van der Waals surface area contributed by atoms with E-state index in [1.807, 2.05) is 6.07 Å². The molecule has 2 N–H and O–H groups in total. The van der Waals surface area contributed by atoms with Gasteiger partial charge in [-0.3, -0.25) is 9.52 Å². The van der Waals surface area contributed by atoms with E-state index in [-0.39, 0.29) is 11.3 Å². The number of carboxylic acid groups (broad SMARTS) is 1. The molecule has 1 aromatic rings. The van der Waals surface area contributed by atoms with Crippen LogP contribution < -0.4 is 4.72 Å². The second kappa shape index (κ2) is 4.84. The van der Waals surface area contributed by atoms with Crippen molar-refractivity contribution in [3.05, 3.63) is 29.8 Å². The molecule has 1 aromatic carbocycles. The number of sulfonamides is 1. The lowest BCUT2D eigenvalue weighted by atomic mass is 10.2. The fourth-order valence-corrected chi connectivity index (χ4v) is 1.94. The largest absolute Gasteiger partial charge is 0.480 e. The lowest BCUT2D eigenvalue weighted by molar-refractivity contribution is -0.136. The lowest BCUT2D eigenvalue weighted by Crippen LogP contribution is -2.32. The van der Waals surface area contributed by atoms with Gasteiger partial charge in [-0.15, -0.1) is 0 Å². The Kier molecular flexibility index (Phi) is 3.70. The van der Waals surface area contributed by atoms with Gasteiger partial charge < -0.3 is 5.11 Å². The summed E-state index contributed by atoms with van der Waals surface area (Å²) in [5.74, 6) is -1.44. The number of nitrogens with one attached hydrogen (secondary N) is 1. The van der Waals surface area contributed by atoms with Crippen molar-refractivity contribution in [1.82, 2.24) is 0 Å². The van der Waals surface area contributed by atoms with Crippen molar-refractivity contribution < 1.29 is 18.3 Å². The van der Waals surface area contributed by atoms with Crippen LogP contribution in [0.15, 0.2) is 24.3 Å². The first-order valence-corrected chi connectivity index (χ1v) is 6.16. The van der Waals surface area contributed by atoms with Crippen LogP contribution >= 0.6 is 0 Å². The van der Waals surface area contributed by atoms with E-state index in [2.05, 4.69) is 4.72 Å². The van der Waals surface area contributed by atoms with Crippen molar-refractivity contribution in [2.24, 2.45) is 0 Å². The molecule has 90 valence electrons. The summed E-state index contributed by atoms with van der Waals surface area (Å²) in [6.07, 6.45) is 0. The maximum absolute atomic E-state index is 11.6. The van der Waals surface area contributed by atoms with Gasteiger partial charge in [-0.2, -0.15) is 5.26 Å². The molecule has 0 aliphatic carbocycles. The summed E-state index contributed by atoms with van der Waals surface area (Å²) in [5, 5.41) is 15.7. The number of carboxylic acids is 1. The van der Waals surface area contributed by atoms with Crippen LogP contribution in [0.5, 0.6) is 0 Å². The van der Waals surface area contributed by atoms with E-state index in [0.29, 0.717) is 0 Å². The molecule has 6 nitrogen and oxygen atoms in total. The van der Waals surface area contributed by atoms with Crippen molar-refractivity contribution >= 4 is 21.7 Å². The first kappa shape index (κ1) is 13.0. The Bertz CT molecular complexity index is 574. The number of carbonyl (C=O) groups is 1. The fraction of sp³-hybridized carbons (Fsp3) is 0.200. The monoisotopic (exact) mass is 254 g/mol. The van der Waals surface area contributed by atoms with Crippen LogP contribution in [-0.2, 0) is 14.8 Å². The summed E-state index contributed by atoms with van der Waals surface area (Å²) in [4.78, 5) is 10.6. The molecule has 0 saturated heterocycles. The highest BCUT2D eigenvalue weighted by atomic mass is 32.2. The Labute approximate surface area is 98.6 Å². The number of nitrogens with zero attached hydrogens (tertiary/aromatic N) is 1. The van der Waals surface area contributed by atoms with E-state index < -0.39 is 21.2 Å². The molecule has 0 amide bonds. The van der Waals surface area contributed by atoms with Gasteiger partial charge in [-0.1, -0.05) is 6.07 Å². The van der Waals surface area contributed by atoms with Gasteiger partial charge in [-0.05, 0) is 25.1 Å². The third-order valence-electron chi connectivity index (χ3n) is 2.07. The zero-order valence-corrected chi connectivity index (χ0v) is 9.73. The first-order valence-electron chi connectivity index (χ1n) is 4.61. The summed E-state index contributed by atoms with van der Waals surface area (Å²) < 4.78 is 25.2. The van der Waals surface area contributed by atoms with Crippen LogP contribution in [0.4, 0.5) is 5.69 Å². The minimum Gasteiger partial charge on any atom is -0.480 e. The van der Waals surface area contributed by atoms with Crippen molar-refractivity contribution in [2.75, 3.05) is 4.72 Å². The second-order valence-corrected chi connectivity index (χ2v) is 5.32. The Morgan fingerprint density at radius 2 is 2.18 bits per heavy atom. The van der Waals surface area contributed by atoms with E-state index in [1.54, 1.807) is 0 Å². The summed E-state index contributed by atoms with van der Waals surface area (Å²) in [6.45, 7) is 1.07. The molecule has 0 spiro atoms. The van der Waals surface area contributed by atoms with Gasteiger partial charge in [0.1, 0.15) is 0 Å². The predicted molar refractivity (Wildman–Crippen MR) is 60.8 cm³/mol. The normalized spacial score (nSPS) is 12.5. The van der Waals surface area contributed by atoms with Crippen LogP contribution in [0.2, 0.25) is 0 Å². The molecule has 0 saturated carbocycles. The number of aliphatic carboxylic acids is 1. The maximum Gasteiger partial charge on any atom is 0.323 e. The number of benzene rings is 1. The van der Waals surface area contributed by atoms with Crippen molar-refractivity contribution in [1.29, 1.82) is 5.26 Å². The quantitative estimate of drug-likeness (QED) is 0.825. The van der Waals surface area contributed by atoms with Crippen LogP contribution in [0.3, 0.4) is 0 Å². The summed E-state index contributed by atoms with van der Waals surface area (Å²) >= 11 is 0. The number of hydrogen-bond donors (Lipinski definition) is 2. The van der Waals surface area contributed by atoms with Crippen LogP contribution in [0.25, 0.3) is 0 Å². The molecule has 17 heavy (non-hydrogen) atoms. The van der Waals surface area contributed by atoms with Gasteiger partial charge in [0, 0.05) is 5.69 Å². The molecule has 0 bridgehead atoms. The Balaban J connectivity index is 2.99. The van der Waals surface area contributed by atoms with Crippen molar-refractivity contribution in [3.63, 3.8) is 0 Å². The SMILES string of the molecule is CC(C(=O)O)S(=O)(=O)Nc1cccc(C#N)c1. The smallest absolute Gasteiger partial charge is 0.323 e. The van der Waals surface area contributed by atoms with Gasteiger partial charge in [0.25, 0.3) is 0 Å². The van der Waals surface area contributed by atoms with Crippen LogP contribution in [0, 0.1) is 11.3 Å². The molecule has 0 radical (unpaired) electrons. The Morgan fingerprint density at radius 1 is 1.53 bits per heavy atom. The second-order valence-electron chi connectivity index (χ2n) is 3.32. The number of hydrogen-bond acceptors (Lipinski definition) is 4. The minimum atomic E-state index is -4.00. The lowest BCUT2D eigenvalue weighted by Gasteiger charge is -2.11. The molecule has 7 heteroatoms. The van der Waals surface area contributed by atoms with Crippen LogP contribution in [-0.4, -0.2) is 24.7 Å². The molecule has 0 aromatic heterocycles. The molecule has 0 fully saturated rings. The van der Waals surface area contributed by atoms with E-state index in [1.165, 1.54) is 24.3 Å². The van der Waals surface area contributed by atoms with E-state index in [4.69, 9.17) is 10.4 Å². The molecule has 1 rings (SSSR count). The topological polar surface area (TPSA) is 107 Å². The van der Waals surface area contributed by atoms with Crippen molar-refractivity contribution in [2.45, 2.75) is 12.2 Å². The van der Waals surface area contributed by atoms with Gasteiger partial charge in [0.15, 0.2) is 5.25 Å². The molecule has 1 unspecified atom stereocenters. The van der Waals surface area contributed by atoms with Gasteiger partial charge in [0.2, 0.25) is 10.0 Å². The average Bonchev–Trinajstić information content (AvgIpc) is 2.27. The Morgan fingerprint density at radius 3 is 2.71 bits per heavy atom. The van der Waals surface area contributed by atoms with Crippen LogP contribution in [0.1, 0.15) is 12.5 Å².